The average molecular weight is 289 g/mol. The normalized spacial score (nSPS) is 11.7. The molecule has 21 heavy (non-hydrogen) atoms. The number of methoxy groups -OCH3 is 1. The van der Waals surface area contributed by atoms with E-state index in [0.717, 1.165) is 5.56 Å². The summed E-state index contributed by atoms with van der Waals surface area (Å²) in [6.07, 6.45) is -0.799. The van der Waals surface area contributed by atoms with Crippen LogP contribution >= 0.6 is 0 Å². The highest BCUT2D eigenvalue weighted by molar-refractivity contribution is 5.50. The molecule has 0 aliphatic carbocycles. The maximum absolute atomic E-state index is 10.9. The van der Waals surface area contributed by atoms with Crippen molar-refractivity contribution in [3.05, 3.63) is 64.2 Å². The number of nitro groups is 1. The summed E-state index contributed by atoms with van der Waals surface area (Å²) in [6.45, 7) is 0.00744. The highest BCUT2D eigenvalue weighted by Crippen LogP contribution is 2.31. The third kappa shape index (κ3) is 3.70. The zero-order valence-electron chi connectivity index (χ0n) is 11.4. The number of hydrogen-bond donors (Lipinski definition) is 1. The van der Waals surface area contributed by atoms with Crippen LogP contribution in [-0.4, -0.2) is 23.7 Å². The molecule has 0 amide bonds. The standard InChI is InChI=1S/C15H15NO5/c1-20-15-8-7-12(9-13(15)16(18)19)21-10-14(17)11-5-3-2-4-6-11/h2-9,14,17H,10H2,1H3. The molecule has 0 heterocycles. The Hall–Kier alpha value is -2.60. The summed E-state index contributed by atoms with van der Waals surface area (Å²) in [5.41, 5.74) is 0.546. The van der Waals surface area contributed by atoms with Gasteiger partial charge >= 0.3 is 5.69 Å². The topological polar surface area (TPSA) is 81.8 Å². The first-order valence-electron chi connectivity index (χ1n) is 6.30. The van der Waals surface area contributed by atoms with Crippen LogP contribution in [0.25, 0.3) is 0 Å². The Kier molecular flexibility index (Phi) is 4.73. The highest BCUT2D eigenvalue weighted by atomic mass is 16.6. The van der Waals surface area contributed by atoms with Gasteiger partial charge in [0.25, 0.3) is 0 Å². The van der Waals surface area contributed by atoms with Crippen LogP contribution in [0.5, 0.6) is 11.5 Å². The minimum absolute atomic E-state index is 0.00744. The lowest BCUT2D eigenvalue weighted by atomic mass is 10.1. The third-order valence-electron chi connectivity index (χ3n) is 2.94. The van der Waals surface area contributed by atoms with E-state index in [4.69, 9.17) is 9.47 Å². The molecule has 0 saturated heterocycles. The van der Waals surface area contributed by atoms with Crippen molar-refractivity contribution in [2.75, 3.05) is 13.7 Å². The molecular formula is C15H15NO5. The van der Waals surface area contributed by atoms with Crippen LogP contribution in [-0.2, 0) is 0 Å². The number of hydrogen-bond acceptors (Lipinski definition) is 5. The number of nitro benzene ring substituents is 1. The van der Waals surface area contributed by atoms with Crippen LogP contribution in [0.4, 0.5) is 5.69 Å². The fourth-order valence-electron chi connectivity index (χ4n) is 1.85. The van der Waals surface area contributed by atoms with Crippen molar-refractivity contribution in [2.24, 2.45) is 0 Å². The predicted molar refractivity (Wildman–Crippen MR) is 76.5 cm³/mol. The van der Waals surface area contributed by atoms with E-state index in [1.54, 1.807) is 18.2 Å². The van der Waals surface area contributed by atoms with Gasteiger partial charge in [0.2, 0.25) is 0 Å². The fraction of sp³-hybridized carbons (Fsp3) is 0.200. The summed E-state index contributed by atoms with van der Waals surface area (Å²) in [7, 11) is 1.36. The number of rotatable bonds is 6. The molecule has 0 aliphatic heterocycles. The van der Waals surface area contributed by atoms with Crippen LogP contribution < -0.4 is 9.47 Å². The Balaban J connectivity index is 2.07. The van der Waals surface area contributed by atoms with Gasteiger partial charge in [-0.2, -0.15) is 0 Å². The van der Waals surface area contributed by atoms with Gasteiger partial charge in [0.05, 0.1) is 18.1 Å². The van der Waals surface area contributed by atoms with Crippen molar-refractivity contribution in [3.8, 4) is 11.5 Å². The van der Waals surface area contributed by atoms with Crippen molar-refractivity contribution in [2.45, 2.75) is 6.10 Å². The van der Waals surface area contributed by atoms with E-state index >= 15 is 0 Å². The van der Waals surface area contributed by atoms with Crippen LogP contribution in [0.15, 0.2) is 48.5 Å². The zero-order chi connectivity index (χ0) is 15.2. The van der Waals surface area contributed by atoms with Gasteiger partial charge in [0.1, 0.15) is 18.5 Å². The summed E-state index contributed by atoms with van der Waals surface area (Å²) in [5, 5.41) is 20.9. The summed E-state index contributed by atoms with van der Waals surface area (Å²) in [5.74, 6) is 0.466. The Morgan fingerprint density at radius 3 is 2.57 bits per heavy atom. The Morgan fingerprint density at radius 2 is 1.95 bits per heavy atom. The van der Waals surface area contributed by atoms with Gasteiger partial charge in [0, 0.05) is 0 Å². The van der Waals surface area contributed by atoms with E-state index in [-0.39, 0.29) is 18.0 Å². The molecule has 2 rings (SSSR count). The molecule has 0 aromatic heterocycles. The van der Waals surface area contributed by atoms with E-state index in [9.17, 15) is 15.2 Å². The predicted octanol–water partition coefficient (Wildman–Crippen LogP) is 2.72. The summed E-state index contributed by atoms with van der Waals surface area (Å²) >= 11 is 0. The van der Waals surface area contributed by atoms with Gasteiger partial charge < -0.3 is 14.6 Å². The SMILES string of the molecule is COc1ccc(OCC(O)c2ccccc2)cc1[N+](=O)[O-]. The van der Waals surface area contributed by atoms with Gasteiger partial charge in [-0.25, -0.2) is 0 Å². The van der Waals surface area contributed by atoms with Gasteiger partial charge in [0.15, 0.2) is 5.75 Å². The third-order valence-corrected chi connectivity index (χ3v) is 2.94. The van der Waals surface area contributed by atoms with Crippen LogP contribution in [0.3, 0.4) is 0 Å². The van der Waals surface area contributed by atoms with Crippen molar-refractivity contribution < 1.29 is 19.5 Å². The van der Waals surface area contributed by atoms with Crippen LogP contribution in [0.2, 0.25) is 0 Å². The molecular weight excluding hydrogens is 274 g/mol. The van der Waals surface area contributed by atoms with Gasteiger partial charge in [-0.3, -0.25) is 10.1 Å². The zero-order valence-corrected chi connectivity index (χ0v) is 11.4. The Bertz CT molecular complexity index is 615. The van der Waals surface area contributed by atoms with Crippen molar-refractivity contribution in [1.82, 2.24) is 0 Å². The van der Waals surface area contributed by atoms with Crippen molar-refractivity contribution in [1.29, 1.82) is 0 Å². The lowest BCUT2D eigenvalue weighted by Crippen LogP contribution is -2.09. The maximum Gasteiger partial charge on any atom is 0.314 e. The number of benzene rings is 2. The second-order valence-corrected chi connectivity index (χ2v) is 4.33. The smallest absolute Gasteiger partial charge is 0.314 e. The summed E-state index contributed by atoms with van der Waals surface area (Å²) in [4.78, 5) is 10.4. The molecule has 1 unspecified atom stereocenters. The largest absolute Gasteiger partial charge is 0.490 e. The highest BCUT2D eigenvalue weighted by Gasteiger charge is 2.16. The first-order chi connectivity index (χ1) is 10.1. The number of aliphatic hydroxyl groups is 1. The second kappa shape index (κ2) is 6.71. The molecule has 6 nitrogen and oxygen atoms in total. The van der Waals surface area contributed by atoms with E-state index in [1.165, 1.54) is 19.2 Å². The van der Waals surface area contributed by atoms with E-state index in [1.807, 2.05) is 18.2 Å². The molecule has 1 N–H and O–H groups in total. The Morgan fingerprint density at radius 1 is 1.24 bits per heavy atom. The molecule has 2 aromatic carbocycles. The molecule has 0 radical (unpaired) electrons. The van der Waals surface area contributed by atoms with E-state index in [2.05, 4.69) is 0 Å². The lowest BCUT2D eigenvalue weighted by molar-refractivity contribution is -0.385. The van der Waals surface area contributed by atoms with Crippen molar-refractivity contribution >= 4 is 5.69 Å². The lowest BCUT2D eigenvalue weighted by Gasteiger charge is -2.13. The van der Waals surface area contributed by atoms with Gasteiger partial charge in [-0.05, 0) is 17.7 Å². The average Bonchev–Trinajstić information content (AvgIpc) is 2.53. The van der Waals surface area contributed by atoms with Crippen LogP contribution in [0, 0.1) is 10.1 Å². The van der Waals surface area contributed by atoms with Crippen LogP contribution in [0.1, 0.15) is 11.7 Å². The molecule has 110 valence electrons. The van der Waals surface area contributed by atoms with Crippen molar-refractivity contribution in [3.63, 3.8) is 0 Å². The molecule has 2 aromatic rings. The molecule has 0 fully saturated rings. The van der Waals surface area contributed by atoms with E-state index in [0.29, 0.717) is 5.75 Å². The van der Waals surface area contributed by atoms with Gasteiger partial charge in [-0.1, -0.05) is 30.3 Å². The number of ether oxygens (including phenoxy) is 2. The molecule has 6 heteroatoms. The van der Waals surface area contributed by atoms with Gasteiger partial charge in [-0.15, -0.1) is 0 Å². The second-order valence-electron chi connectivity index (χ2n) is 4.33. The molecule has 0 saturated carbocycles. The molecule has 1 atom stereocenters. The minimum Gasteiger partial charge on any atom is -0.490 e. The molecule has 0 aliphatic rings. The first-order valence-corrected chi connectivity index (χ1v) is 6.30. The Labute approximate surface area is 121 Å². The first kappa shape index (κ1) is 14.8. The monoisotopic (exact) mass is 289 g/mol. The minimum atomic E-state index is -0.799. The molecule has 0 bridgehead atoms. The number of aliphatic hydroxyl groups excluding tert-OH is 1. The quantitative estimate of drug-likeness (QED) is 0.653. The van der Waals surface area contributed by atoms with E-state index < -0.39 is 11.0 Å². The fourth-order valence-corrected chi connectivity index (χ4v) is 1.85. The summed E-state index contributed by atoms with van der Waals surface area (Å²) < 4.78 is 10.3. The maximum atomic E-state index is 10.9. The summed E-state index contributed by atoms with van der Waals surface area (Å²) in [6, 6.07) is 13.3. The number of nitrogens with zero attached hydrogens (tertiary/aromatic N) is 1. The molecule has 0 spiro atoms.